The SMILES string of the molecule is O=C(Cc1ccc([N+](=O)[O-])cc1)NC[C@@H](O)c1cccnc1. The molecule has 2 aromatic rings. The van der Waals surface area contributed by atoms with Gasteiger partial charge in [0.05, 0.1) is 17.4 Å². The summed E-state index contributed by atoms with van der Waals surface area (Å²) in [4.78, 5) is 25.7. The summed E-state index contributed by atoms with van der Waals surface area (Å²) in [7, 11) is 0. The van der Waals surface area contributed by atoms with Crippen LogP contribution in [0.5, 0.6) is 0 Å². The highest BCUT2D eigenvalue weighted by Gasteiger charge is 2.11. The summed E-state index contributed by atoms with van der Waals surface area (Å²) in [6.45, 7) is 0.0809. The fourth-order valence-corrected chi connectivity index (χ4v) is 1.88. The molecule has 0 aliphatic heterocycles. The van der Waals surface area contributed by atoms with Crippen molar-refractivity contribution in [1.82, 2.24) is 10.3 Å². The average molecular weight is 301 g/mol. The van der Waals surface area contributed by atoms with Crippen LogP contribution in [0, 0.1) is 10.1 Å². The van der Waals surface area contributed by atoms with E-state index in [4.69, 9.17) is 0 Å². The van der Waals surface area contributed by atoms with Gasteiger partial charge in [0.25, 0.3) is 5.69 Å². The first-order chi connectivity index (χ1) is 10.6. The van der Waals surface area contributed by atoms with Gasteiger partial charge in [-0.3, -0.25) is 19.9 Å². The standard InChI is InChI=1S/C15H15N3O4/c19-14(12-2-1-7-16-9-12)10-17-15(20)8-11-3-5-13(6-4-11)18(21)22/h1-7,9,14,19H,8,10H2,(H,17,20)/t14-/m1/s1. The van der Waals surface area contributed by atoms with Crippen LogP contribution in [0.15, 0.2) is 48.8 Å². The van der Waals surface area contributed by atoms with Crippen molar-refractivity contribution in [2.75, 3.05) is 6.54 Å². The number of non-ortho nitro benzene ring substituents is 1. The van der Waals surface area contributed by atoms with E-state index in [0.29, 0.717) is 11.1 Å². The van der Waals surface area contributed by atoms with Crippen LogP contribution in [0.25, 0.3) is 0 Å². The van der Waals surface area contributed by atoms with Crippen molar-refractivity contribution in [3.05, 3.63) is 70.0 Å². The zero-order valence-electron chi connectivity index (χ0n) is 11.7. The zero-order valence-corrected chi connectivity index (χ0v) is 11.7. The zero-order chi connectivity index (χ0) is 15.9. The van der Waals surface area contributed by atoms with E-state index in [1.165, 1.54) is 30.5 Å². The molecule has 7 nitrogen and oxygen atoms in total. The Labute approximate surface area is 126 Å². The first kappa shape index (κ1) is 15.6. The molecule has 1 aromatic heterocycles. The predicted octanol–water partition coefficient (Wildman–Crippen LogP) is 1.38. The van der Waals surface area contributed by atoms with Gasteiger partial charge in [-0.15, -0.1) is 0 Å². The summed E-state index contributed by atoms with van der Waals surface area (Å²) < 4.78 is 0. The molecule has 1 heterocycles. The van der Waals surface area contributed by atoms with Crippen LogP contribution in [0.4, 0.5) is 5.69 Å². The summed E-state index contributed by atoms with van der Waals surface area (Å²) in [5.74, 6) is -0.267. The van der Waals surface area contributed by atoms with Crippen LogP contribution in [0.1, 0.15) is 17.2 Å². The van der Waals surface area contributed by atoms with E-state index in [1.807, 2.05) is 0 Å². The number of nitro benzene ring substituents is 1. The number of nitrogens with zero attached hydrogens (tertiary/aromatic N) is 2. The minimum absolute atomic E-state index is 0.0174. The molecule has 0 fully saturated rings. The molecule has 0 saturated carbocycles. The van der Waals surface area contributed by atoms with Crippen molar-refractivity contribution < 1.29 is 14.8 Å². The Balaban J connectivity index is 1.84. The summed E-state index contributed by atoms with van der Waals surface area (Å²) in [6.07, 6.45) is 2.41. The normalized spacial score (nSPS) is 11.7. The number of rotatable bonds is 6. The van der Waals surface area contributed by atoms with Gasteiger partial charge in [0, 0.05) is 36.6 Å². The molecule has 0 spiro atoms. The van der Waals surface area contributed by atoms with E-state index < -0.39 is 11.0 Å². The van der Waals surface area contributed by atoms with Crippen LogP contribution in [-0.2, 0) is 11.2 Å². The molecule has 2 rings (SSSR count). The molecular formula is C15H15N3O4. The van der Waals surface area contributed by atoms with E-state index in [-0.39, 0.29) is 24.6 Å². The van der Waals surface area contributed by atoms with Gasteiger partial charge in [-0.25, -0.2) is 0 Å². The smallest absolute Gasteiger partial charge is 0.269 e. The lowest BCUT2D eigenvalue weighted by Gasteiger charge is -2.11. The second kappa shape index (κ2) is 7.28. The van der Waals surface area contributed by atoms with E-state index in [9.17, 15) is 20.0 Å². The van der Waals surface area contributed by atoms with Crippen molar-refractivity contribution in [3.63, 3.8) is 0 Å². The molecule has 0 aliphatic rings. The highest BCUT2D eigenvalue weighted by molar-refractivity contribution is 5.78. The molecule has 0 unspecified atom stereocenters. The van der Waals surface area contributed by atoms with Crippen LogP contribution < -0.4 is 5.32 Å². The lowest BCUT2D eigenvalue weighted by Crippen LogP contribution is -2.29. The first-order valence-corrected chi connectivity index (χ1v) is 6.64. The number of benzene rings is 1. The van der Waals surface area contributed by atoms with Gasteiger partial charge in [-0.05, 0) is 11.6 Å². The van der Waals surface area contributed by atoms with Crippen molar-refractivity contribution in [1.29, 1.82) is 0 Å². The number of aromatic nitrogens is 1. The predicted molar refractivity (Wildman–Crippen MR) is 79.0 cm³/mol. The molecule has 22 heavy (non-hydrogen) atoms. The monoisotopic (exact) mass is 301 g/mol. The number of hydrogen-bond acceptors (Lipinski definition) is 5. The summed E-state index contributed by atoms with van der Waals surface area (Å²) in [5.41, 5.74) is 1.27. The number of carbonyl (C=O) groups excluding carboxylic acids is 1. The minimum Gasteiger partial charge on any atom is -0.387 e. The number of amides is 1. The molecule has 2 N–H and O–H groups in total. The maximum Gasteiger partial charge on any atom is 0.269 e. The minimum atomic E-state index is -0.825. The maximum atomic E-state index is 11.8. The topological polar surface area (TPSA) is 105 Å². The molecule has 0 aliphatic carbocycles. The third-order valence-electron chi connectivity index (χ3n) is 3.07. The summed E-state index contributed by atoms with van der Waals surface area (Å²) >= 11 is 0. The van der Waals surface area contributed by atoms with Gasteiger partial charge in [-0.2, -0.15) is 0 Å². The molecule has 1 aromatic carbocycles. The highest BCUT2D eigenvalue weighted by Crippen LogP contribution is 2.12. The summed E-state index contributed by atoms with van der Waals surface area (Å²) in [5, 5.41) is 23.1. The molecule has 0 bridgehead atoms. The molecule has 114 valence electrons. The van der Waals surface area contributed by atoms with E-state index in [0.717, 1.165) is 0 Å². The fraction of sp³-hybridized carbons (Fsp3) is 0.200. The molecule has 1 amide bonds. The Morgan fingerprint density at radius 2 is 2.05 bits per heavy atom. The number of nitrogens with one attached hydrogen (secondary N) is 1. The maximum absolute atomic E-state index is 11.8. The van der Waals surface area contributed by atoms with Crippen LogP contribution in [0.3, 0.4) is 0 Å². The molecule has 0 saturated heterocycles. The van der Waals surface area contributed by atoms with Gasteiger partial charge in [0.2, 0.25) is 5.91 Å². The van der Waals surface area contributed by atoms with Gasteiger partial charge in [0.1, 0.15) is 0 Å². The molecule has 0 radical (unpaired) electrons. The van der Waals surface area contributed by atoms with Gasteiger partial charge < -0.3 is 10.4 Å². The Bertz CT molecular complexity index is 644. The van der Waals surface area contributed by atoms with E-state index in [1.54, 1.807) is 18.3 Å². The molecule has 1 atom stereocenters. The second-order valence-electron chi connectivity index (χ2n) is 4.71. The van der Waals surface area contributed by atoms with Crippen LogP contribution in [0.2, 0.25) is 0 Å². The number of carbonyl (C=O) groups is 1. The number of hydrogen-bond donors (Lipinski definition) is 2. The molecular weight excluding hydrogens is 286 g/mol. The van der Waals surface area contributed by atoms with Crippen LogP contribution in [-0.4, -0.2) is 27.5 Å². The van der Waals surface area contributed by atoms with Crippen molar-refractivity contribution in [3.8, 4) is 0 Å². The number of aliphatic hydroxyl groups is 1. The first-order valence-electron chi connectivity index (χ1n) is 6.64. The average Bonchev–Trinajstić information content (AvgIpc) is 2.54. The van der Waals surface area contributed by atoms with E-state index in [2.05, 4.69) is 10.3 Å². The third kappa shape index (κ3) is 4.35. The lowest BCUT2D eigenvalue weighted by atomic mass is 10.1. The van der Waals surface area contributed by atoms with E-state index >= 15 is 0 Å². The van der Waals surface area contributed by atoms with Crippen molar-refractivity contribution in [2.45, 2.75) is 12.5 Å². The van der Waals surface area contributed by atoms with Gasteiger partial charge in [0.15, 0.2) is 0 Å². The Kier molecular flexibility index (Phi) is 5.16. The largest absolute Gasteiger partial charge is 0.387 e. The lowest BCUT2D eigenvalue weighted by molar-refractivity contribution is -0.384. The number of aliphatic hydroxyl groups excluding tert-OH is 1. The Morgan fingerprint density at radius 1 is 1.32 bits per heavy atom. The third-order valence-corrected chi connectivity index (χ3v) is 3.07. The quantitative estimate of drug-likeness (QED) is 0.619. The number of pyridine rings is 1. The Hall–Kier alpha value is -2.80. The number of nitro groups is 1. The second-order valence-corrected chi connectivity index (χ2v) is 4.71. The van der Waals surface area contributed by atoms with Gasteiger partial charge in [-0.1, -0.05) is 18.2 Å². The Morgan fingerprint density at radius 3 is 2.64 bits per heavy atom. The van der Waals surface area contributed by atoms with Gasteiger partial charge >= 0.3 is 0 Å². The van der Waals surface area contributed by atoms with Crippen LogP contribution >= 0.6 is 0 Å². The fourth-order valence-electron chi connectivity index (χ4n) is 1.88. The summed E-state index contributed by atoms with van der Waals surface area (Å²) in [6, 6.07) is 9.21. The van der Waals surface area contributed by atoms with Crippen molar-refractivity contribution >= 4 is 11.6 Å². The molecule has 7 heteroatoms. The van der Waals surface area contributed by atoms with Crippen molar-refractivity contribution in [2.24, 2.45) is 0 Å². The highest BCUT2D eigenvalue weighted by atomic mass is 16.6.